The monoisotopic (exact) mass is 281 g/mol. The summed E-state index contributed by atoms with van der Waals surface area (Å²) in [5, 5.41) is 30.9. The lowest BCUT2D eigenvalue weighted by Crippen LogP contribution is -2.05. The first-order valence-corrected chi connectivity index (χ1v) is 6.12. The van der Waals surface area contributed by atoms with Crippen LogP contribution in [0.15, 0.2) is 18.2 Å². The summed E-state index contributed by atoms with van der Waals surface area (Å²) in [5.41, 5.74) is 0.956. The third-order valence-electron chi connectivity index (χ3n) is 2.83. The van der Waals surface area contributed by atoms with Gasteiger partial charge >= 0.3 is 5.97 Å². The van der Waals surface area contributed by atoms with Crippen LogP contribution in [0.1, 0.15) is 47.3 Å². The lowest BCUT2D eigenvalue weighted by atomic mass is 10.1. The predicted octanol–water partition coefficient (Wildman–Crippen LogP) is 1.83. The molecule has 104 valence electrons. The second-order valence-electron chi connectivity index (χ2n) is 4.62. The van der Waals surface area contributed by atoms with Crippen molar-refractivity contribution in [3.05, 3.63) is 41.0 Å². The average molecular weight is 281 g/mol. The molecule has 0 saturated heterocycles. The van der Waals surface area contributed by atoms with Crippen molar-refractivity contribution < 1.29 is 9.90 Å². The summed E-state index contributed by atoms with van der Waals surface area (Å²) < 4.78 is 1.39. The Bertz CT molecular complexity index is 793. The molecule has 1 aromatic heterocycles. The van der Waals surface area contributed by atoms with Gasteiger partial charge in [-0.05, 0) is 18.2 Å². The Labute approximate surface area is 120 Å². The molecule has 0 aliphatic carbocycles. The summed E-state index contributed by atoms with van der Waals surface area (Å²) in [4.78, 5) is 15.0. The molecule has 0 saturated carbocycles. The van der Waals surface area contributed by atoms with Gasteiger partial charge < -0.3 is 5.11 Å². The third kappa shape index (κ3) is 2.58. The van der Waals surface area contributed by atoms with Gasteiger partial charge in [-0.2, -0.15) is 10.5 Å². The van der Waals surface area contributed by atoms with Gasteiger partial charge in [-0.3, -0.25) is 0 Å². The zero-order valence-electron chi connectivity index (χ0n) is 11.4. The van der Waals surface area contributed by atoms with Gasteiger partial charge in [0.15, 0.2) is 0 Å². The number of benzene rings is 1. The van der Waals surface area contributed by atoms with E-state index in [1.54, 1.807) is 6.07 Å². The maximum absolute atomic E-state index is 11.0. The van der Waals surface area contributed by atoms with Crippen LogP contribution in [0.3, 0.4) is 0 Å². The highest BCUT2D eigenvalue weighted by molar-refractivity contribution is 5.83. The van der Waals surface area contributed by atoms with Crippen LogP contribution in [0.4, 0.5) is 0 Å². The molecule has 0 amide bonds. The highest BCUT2D eigenvalue weighted by atomic mass is 16.4. The first-order chi connectivity index (χ1) is 9.97. The maximum Gasteiger partial charge on any atom is 0.375 e. The fraction of sp³-hybridized carbons (Fsp3) is 0.214. The highest BCUT2D eigenvalue weighted by Gasteiger charge is 2.19. The third-order valence-corrected chi connectivity index (χ3v) is 2.83. The van der Waals surface area contributed by atoms with Gasteiger partial charge in [0.2, 0.25) is 0 Å². The summed E-state index contributed by atoms with van der Waals surface area (Å²) >= 11 is 0. The van der Waals surface area contributed by atoms with Crippen molar-refractivity contribution in [3.8, 4) is 17.8 Å². The highest BCUT2D eigenvalue weighted by Crippen LogP contribution is 2.19. The van der Waals surface area contributed by atoms with Crippen LogP contribution in [0.2, 0.25) is 0 Å². The van der Waals surface area contributed by atoms with Crippen molar-refractivity contribution >= 4 is 5.97 Å². The van der Waals surface area contributed by atoms with Crippen LogP contribution in [0.25, 0.3) is 5.69 Å². The van der Waals surface area contributed by atoms with E-state index in [0.717, 1.165) is 0 Å². The van der Waals surface area contributed by atoms with Crippen molar-refractivity contribution in [1.82, 2.24) is 14.8 Å². The Kier molecular flexibility index (Phi) is 3.68. The van der Waals surface area contributed by atoms with Gasteiger partial charge in [-0.15, -0.1) is 5.10 Å². The van der Waals surface area contributed by atoms with Crippen molar-refractivity contribution in [2.24, 2.45) is 0 Å². The van der Waals surface area contributed by atoms with Crippen molar-refractivity contribution in [1.29, 1.82) is 10.5 Å². The van der Waals surface area contributed by atoms with Gasteiger partial charge in [0.1, 0.15) is 18.0 Å². The minimum Gasteiger partial charge on any atom is -0.475 e. The molecule has 0 unspecified atom stereocenters. The molecule has 2 rings (SSSR count). The number of carboxylic acid groups (broad SMARTS) is 1. The van der Waals surface area contributed by atoms with Crippen LogP contribution in [0.5, 0.6) is 0 Å². The normalized spacial score (nSPS) is 10.1. The van der Waals surface area contributed by atoms with Crippen LogP contribution in [0, 0.1) is 22.7 Å². The number of nitriles is 2. The van der Waals surface area contributed by atoms with Crippen LogP contribution in [-0.2, 0) is 0 Å². The lowest BCUT2D eigenvalue weighted by Gasteiger charge is -2.08. The van der Waals surface area contributed by atoms with E-state index in [1.165, 1.54) is 16.8 Å². The molecule has 0 aliphatic rings. The van der Waals surface area contributed by atoms with E-state index in [0.29, 0.717) is 11.5 Å². The van der Waals surface area contributed by atoms with Crippen LogP contribution >= 0.6 is 0 Å². The molecule has 0 aliphatic heterocycles. The van der Waals surface area contributed by atoms with Gasteiger partial charge in [0.25, 0.3) is 5.82 Å². The van der Waals surface area contributed by atoms with E-state index in [2.05, 4.69) is 10.1 Å². The Morgan fingerprint density at radius 1 is 1.29 bits per heavy atom. The Hall–Kier alpha value is -3.19. The van der Waals surface area contributed by atoms with Crippen LogP contribution < -0.4 is 0 Å². The Morgan fingerprint density at radius 2 is 1.95 bits per heavy atom. The number of nitrogens with zero attached hydrogens (tertiary/aromatic N) is 5. The standard InChI is InChI=1S/C14H11N5O2/c1-8(2)13-17-12(14(20)21)18-19(13)11-4-3-9(6-15)10(5-11)7-16/h3-5,8H,1-2H3,(H,20,21). The number of carbonyl (C=O) groups is 1. The summed E-state index contributed by atoms with van der Waals surface area (Å²) in [6, 6.07) is 8.45. The molecule has 7 heteroatoms. The maximum atomic E-state index is 11.0. The van der Waals surface area contributed by atoms with E-state index in [9.17, 15) is 4.79 Å². The minimum atomic E-state index is -1.22. The Morgan fingerprint density at radius 3 is 2.48 bits per heavy atom. The van der Waals surface area contributed by atoms with Crippen molar-refractivity contribution in [2.45, 2.75) is 19.8 Å². The minimum absolute atomic E-state index is 0.0493. The molecule has 0 bridgehead atoms. The Balaban J connectivity index is 2.64. The van der Waals surface area contributed by atoms with Gasteiger partial charge in [0, 0.05) is 5.92 Å². The summed E-state index contributed by atoms with van der Waals surface area (Å²) in [5.74, 6) is -1.10. The fourth-order valence-corrected chi connectivity index (χ4v) is 1.83. The average Bonchev–Trinajstić information content (AvgIpc) is 2.92. The molecule has 0 spiro atoms. The number of carboxylic acids is 1. The SMILES string of the molecule is CC(C)c1nc(C(=O)O)nn1-c1ccc(C#N)c(C#N)c1. The summed E-state index contributed by atoms with van der Waals surface area (Å²) in [7, 11) is 0. The van der Waals surface area contributed by atoms with E-state index < -0.39 is 5.97 Å². The molecule has 0 radical (unpaired) electrons. The zero-order valence-corrected chi connectivity index (χ0v) is 11.4. The zero-order chi connectivity index (χ0) is 15.6. The smallest absolute Gasteiger partial charge is 0.375 e. The second-order valence-corrected chi connectivity index (χ2v) is 4.62. The molecule has 1 heterocycles. The summed E-state index contributed by atoms with van der Waals surface area (Å²) in [6.45, 7) is 3.72. The number of aromatic carboxylic acids is 1. The molecular formula is C14H11N5O2. The number of aromatic nitrogens is 3. The van der Waals surface area contributed by atoms with Crippen molar-refractivity contribution in [3.63, 3.8) is 0 Å². The second kappa shape index (κ2) is 5.43. The van der Waals surface area contributed by atoms with E-state index in [4.69, 9.17) is 15.6 Å². The van der Waals surface area contributed by atoms with Gasteiger partial charge in [0.05, 0.1) is 16.8 Å². The molecule has 7 nitrogen and oxygen atoms in total. The molecule has 2 aromatic rings. The van der Waals surface area contributed by atoms with Crippen LogP contribution in [-0.4, -0.2) is 25.8 Å². The van der Waals surface area contributed by atoms with Gasteiger partial charge in [-0.25, -0.2) is 14.5 Å². The van der Waals surface area contributed by atoms with E-state index in [-0.39, 0.29) is 22.9 Å². The molecule has 0 fully saturated rings. The van der Waals surface area contributed by atoms with E-state index >= 15 is 0 Å². The lowest BCUT2D eigenvalue weighted by molar-refractivity contribution is 0.0683. The molecule has 1 aromatic carbocycles. The number of rotatable bonds is 3. The fourth-order valence-electron chi connectivity index (χ4n) is 1.83. The molecule has 21 heavy (non-hydrogen) atoms. The number of hydrogen-bond acceptors (Lipinski definition) is 5. The van der Waals surface area contributed by atoms with E-state index in [1.807, 2.05) is 26.0 Å². The largest absolute Gasteiger partial charge is 0.475 e. The first-order valence-electron chi connectivity index (χ1n) is 6.12. The van der Waals surface area contributed by atoms with Crippen molar-refractivity contribution in [2.75, 3.05) is 0 Å². The topological polar surface area (TPSA) is 116 Å². The van der Waals surface area contributed by atoms with Gasteiger partial charge in [-0.1, -0.05) is 13.8 Å². The molecular weight excluding hydrogens is 270 g/mol. The molecule has 0 atom stereocenters. The summed E-state index contributed by atoms with van der Waals surface area (Å²) in [6.07, 6.45) is 0. The quantitative estimate of drug-likeness (QED) is 0.917. The first kappa shape index (κ1) is 14.2. The number of hydrogen-bond donors (Lipinski definition) is 1. The molecule has 1 N–H and O–H groups in total. The predicted molar refractivity (Wildman–Crippen MR) is 71.8 cm³/mol.